The SMILES string of the molecule is Cc1cc2c(cc1N1c3cc4c(oc5ccccc54)c4c3B(c3sc5cc6c(cc5c31)C(C)(C)CCC6(C)C)N(c1ccc(C(C)(C)C)cc1)c1cc3c(cc1-4)-c1cc4c(cc1C3(C)C)C(C)(C)CCC4(C)C)C(C)(C)CCC2(C)C. The van der Waals surface area contributed by atoms with Gasteiger partial charge in [0.15, 0.2) is 0 Å². The van der Waals surface area contributed by atoms with Crippen LogP contribution in [0.5, 0.6) is 0 Å². The standard InChI is InChI=1S/C76H83BN2OS/c1-42-33-53-57(74(13,14)31-27-70(53,5)6)40-59(42)78-61-37-48-45-21-19-20-22-62(45)80-67(48)64-49-34-46-47-35-54-56(73(11,12)30-28-71(54,7)8)38-51(47)76(17,18)52(46)39-60(49)79(44-25-23-43(24-26-44)69(2,3)4)77(65(61)64)68-66(78)50-36-55-58(41-63(50)81-68)75(15,16)32-29-72(55,9)10/h19-26,33-41H,27-32H2,1-18H3. The molecule has 0 atom stereocenters. The number of para-hydroxylation sites is 1. The van der Waals surface area contributed by atoms with E-state index in [1.807, 2.05) is 0 Å². The van der Waals surface area contributed by atoms with Crippen LogP contribution in [0, 0.1) is 6.92 Å². The third kappa shape index (κ3) is 7.00. The van der Waals surface area contributed by atoms with Gasteiger partial charge in [0.25, 0.3) is 0 Å². The van der Waals surface area contributed by atoms with Gasteiger partial charge in [-0.25, -0.2) is 0 Å². The monoisotopic (exact) mass is 1080 g/mol. The predicted octanol–water partition coefficient (Wildman–Crippen LogP) is 20.5. The largest absolute Gasteiger partial charge is 0.455 e. The molecule has 15 rings (SSSR count). The predicted molar refractivity (Wildman–Crippen MR) is 350 cm³/mol. The summed E-state index contributed by atoms with van der Waals surface area (Å²) in [5.41, 5.74) is 29.6. The summed E-state index contributed by atoms with van der Waals surface area (Å²) in [4.78, 5) is 5.59. The van der Waals surface area contributed by atoms with E-state index in [0.717, 1.165) is 23.0 Å². The highest BCUT2D eigenvalue weighted by molar-refractivity contribution is 7.32. The Bertz CT molecular complexity index is 4270. The zero-order valence-electron chi connectivity index (χ0n) is 51.8. The van der Waals surface area contributed by atoms with Gasteiger partial charge in [-0.15, -0.1) is 11.3 Å². The van der Waals surface area contributed by atoms with Crippen LogP contribution in [-0.2, 0) is 43.3 Å². The maximum absolute atomic E-state index is 7.44. The average molecular weight is 1080 g/mol. The number of rotatable bonds is 2. The minimum absolute atomic E-state index is 0.00505. The van der Waals surface area contributed by atoms with Crippen LogP contribution in [0.1, 0.15) is 212 Å². The van der Waals surface area contributed by atoms with Gasteiger partial charge in [0.1, 0.15) is 11.2 Å². The molecule has 0 amide bonds. The molecule has 2 aliphatic heterocycles. The zero-order chi connectivity index (χ0) is 57.0. The third-order valence-electron chi connectivity index (χ3n) is 22.3. The van der Waals surface area contributed by atoms with Crippen molar-refractivity contribution in [1.82, 2.24) is 0 Å². The number of thiophene rings is 1. The summed E-state index contributed by atoms with van der Waals surface area (Å²) < 4.78 is 10.2. The molecule has 5 heteroatoms. The Labute approximate surface area is 487 Å². The lowest BCUT2D eigenvalue weighted by Gasteiger charge is -2.46. The Hall–Kier alpha value is -6.04. The van der Waals surface area contributed by atoms with Crippen molar-refractivity contribution in [3.8, 4) is 22.3 Å². The summed E-state index contributed by atoms with van der Waals surface area (Å²) in [6.45, 7) is 44.1. The molecule has 81 heavy (non-hydrogen) atoms. The molecule has 412 valence electrons. The van der Waals surface area contributed by atoms with Gasteiger partial charge in [0.2, 0.25) is 0 Å². The second-order valence-corrected chi connectivity index (χ2v) is 32.8. The molecule has 0 radical (unpaired) electrons. The van der Waals surface area contributed by atoms with E-state index in [9.17, 15) is 0 Å². The van der Waals surface area contributed by atoms with E-state index in [1.54, 1.807) is 0 Å². The van der Waals surface area contributed by atoms with Gasteiger partial charge in [-0.05, 0) is 216 Å². The Kier molecular flexibility index (Phi) is 10.2. The van der Waals surface area contributed by atoms with E-state index < -0.39 is 0 Å². The van der Waals surface area contributed by atoms with Crippen molar-refractivity contribution in [1.29, 1.82) is 0 Å². The van der Waals surface area contributed by atoms with Crippen LogP contribution in [0.3, 0.4) is 0 Å². The number of hydrogen-bond acceptors (Lipinski definition) is 4. The molecule has 6 aliphatic rings. The van der Waals surface area contributed by atoms with Gasteiger partial charge in [0, 0.05) is 64.9 Å². The molecule has 4 heterocycles. The quantitative estimate of drug-likeness (QED) is 0.161. The number of fused-ring (bicyclic) bond motifs is 16. The second kappa shape index (κ2) is 16.0. The van der Waals surface area contributed by atoms with Crippen LogP contribution < -0.4 is 20.0 Å². The summed E-state index contributed by atoms with van der Waals surface area (Å²) >= 11 is 2.05. The molecule has 3 nitrogen and oxygen atoms in total. The first-order valence-electron chi connectivity index (χ1n) is 30.7. The van der Waals surface area contributed by atoms with Crippen LogP contribution in [0.25, 0.3) is 54.3 Å². The highest BCUT2D eigenvalue weighted by atomic mass is 32.1. The number of anilines is 5. The first-order valence-corrected chi connectivity index (χ1v) is 31.6. The fourth-order valence-electron chi connectivity index (χ4n) is 16.6. The molecule has 0 fully saturated rings. The molecule has 7 aromatic carbocycles. The molecular weight excluding hydrogens is 1000 g/mol. The summed E-state index contributed by atoms with van der Waals surface area (Å²) in [6, 6.07) is 42.3. The van der Waals surface area contributed by atoms with Crippen LogP contribution in [0.4, 0.5) is 28.4 Å². The van der Waals surface area contributed by atoms with E-state index in [1.165, 1.54) is 164 Å². The minimum Gasteiger partial charge on any atom is -0.455 e. The second-order valence-electron chi connectivity index (χ2n) is 31.7. The molecule has 9 aromatic rings. The molecular formula is C76H83BN2OS. The molecule has 0 bridgehead atoms. The van der Waals surface area contributed by atoms with Gasteiger partial charge in [-0.1, -0.05) is 160 Å². The lowest BCUT2D eigenvalue weighted by atomic mass is 9.46. The van der Waals surface area contributed by atoms with E-state index in [4.69, 9.17) is 4.42 Å². The van der Waals surface area contributed by atoms with Gasteiger partial charge in [0.05, 0.1) is 5.69 Å². The third-order valence-corrected chi connectivity index (χ3v) is 23.5. The number of hydrogen-bond donors (Lipinski definition) is 0. The first-order chi connectivity index (χ1) is 37.9. The summed E-state index contributed by atoms with van der Waals surface area (Å²) in [7, 11) is 0. The Morgan fingerprint density at radius 1 is 0.481 bits per heavy atom. The summed E-state index contributed by atoms with van der Waals surface area (Å²) in [6.07, 6.45) is 7.07. The van der Waals surface area contributed by atoms with Crippen LogP contribution >= 0.6 is 11.3 Å². The summed E-state index contributed by atoms with van der Waals surface area (Å²) in [5.74, 6) is 0. The van der Waals surface area contributed by atoms with Crippen LogP contribution in [-0.4, -0.2) is 6.85 Å². The van der Waals surface area contributed by atoms with Gasteiger partial charge in [-0.3, -0.25) is 0 Å². The normalized spacial score (nSPS) is 20.5. The lowest BCUT2D eigenvalue weighted by Crippen LogP contribution is -2.60. The molecule has 0 spiro atoms. The fraction of sp³-hybridized carbons (Fsp3) is 0.421. The maximum atomic E-state index is 7.44. The van der Waals surface area contributed by atoms with Crippen molar-refractivity contribution in [2.75, 3.05) is 9.71 Å². The van der Waals surface area contributed by atoms with E-state index in [2.05, 4.69) is 249 Å². The highest BCUT2D eigenvalue weighted by Gasteiger charge is 2.52. The maximum Gasteiger partial charge on any atom is 0.343 e. The Morgan fingerprint density at radius 2 is 1.00 bits per heavy atom. The molecule has 4 aliphatic carbocycles. The smallest absolute Gasteiger partial charge is 0.343 e. The molecule has 0 N–H and O–H groups in total. The number of benzene rings is 7. The Balaban J connectivity index is 1.12. The van der Waals surface area contributed by atoms with Crippen LogP contribution in [0.15, 0.2) is 108 Å². The number of nitrogens with zero attached hydrogens (tertiary/aromatic N) is 2. The molecule has 0 saturated carbocycles. The fourth-order valence-corrected chi connectivity index (χ4v) is 18.0. The minimum atomic E-state index is -0.234. The van der Waals surface area contributed by atoms with Gasteiger partial charge >= 0.3 is 6.85 Å². The molecule has 2 aromatic heterocycles. The number of aryl methyl sites for hydroxylation is 1. The van der Waals surface area contributed by atoms with E-state index in [0.29, 0.717) is 0 Å². The van der Waals surface area contributed by atoms with Crippen molar-refractivity contribution >= 4 is 88.9 Å². The van der Waals surface area contributed by atoms with Crippen molar-refractivity contribution in [3.05, 3.63) is 159 Å². The zero-order valence-corrected chi connectivity index (χ0v) is 52.7. The molecule has 0 unspecified atom stereocenters. The summed E-state index contributed by atoms with van der Waals surface area (Å²) in [5, 5.41) is 3.71. The number of furan rings is 1. The topological polar surface area (TPSA) is 19.6 Å². The van der Waals surface area contributed by atoms with Crippen molar-refractivity contribution in [3.63, 3.8) is 0 Å². The average Bonchev–Trinajstić information content (AvgIpc) is 3.19. The lowest BCUT2D eigenvalue weighted by molar-refractivity contribution is 0.331. The Morgan fingerprint density at radius 3 is 1.62 bits per heavy atom. The van der Waals surface area contributed by atoms with Crippen molar-refractivity contribution in [2.24, 2.45) is 0 Å². The van der Waals surface area contributed by atoms with E-state index in [-0.39, 0.29) is 50.2 Å². The van der Waals surface area contributed by atoms with Gasteiger partial charge < -0.3 is 14.1 Å². The van der Waals surface area contributed by atoms with Crippen molar-refractivity contribution in [2.45, 2.75) is 206 Å². The first kappa shape index (κ1) is 51.8. The van der Waals surface area contributed by atoms with Crippen molar-refractivity contribution < 1.29 is 4.42 Å². The highest BCUT2D eigenvalue weighted by Crippen LogP contribution is 2.61. The van der Waals surface area contributed by atoms with Gasteiger partial charge in [-0.2, -0.15) is 0 Å². The molecule has 0 saturated heterocycles. The van der Waals surface area contributed by atoms with E-state index >= 15 is 0 Å². The van der Waals surface area contributed by atoms with Crippen LogP contribution in [0.2, 0.25) is 0 Å².